The Hall–Kier alpha value is -2.14. The molecule has 1 aliphatic carbocycles. The molecule has 1 aromatic carbocycles. The summed E-state index contributed by atoms with van der Waals surface area (Å²) in [6.45, 7) is 2.40. The van der Waals surface area contributed by atoms with E-state index in [0.717, 1.165) is 56.3 Å². The molecule has 1 fully saturated rings. The number of rotatable bonds is 3. The van der Waals surface area contributed by atoms with Crippen molar-refractivity contribution in [3.05, 3.63) is 45.3 Å². The first kappa shape index (κ1) is 16.3. The number of piperidine rings is 1. The highest BCUT2D eigenvalue weighted by Crippen LogP contribution is 2.29. The maximum atomic E-state index is 12.0. The maximum Gasteiger partial charge on any atom is 0.336 e. The largest absolute Gasteiger partial charge is 0.469 e. The van der Waals surface area contributed by atoms with Gasteiger partial charge in [-0.25, -0.2) is 4.79 Å². The number of benzene rings is 1. The van der Waals surface area contributed by atoms with Crippen molar-refractivity contribution in [2.45, 2.75) is 38.6 Å². The summed E-state index contributed by atoms with van der Waals surface area (Å²) in [7, 11) is 1.45. The van der Waals surface area contributed by atoms with E-state index >= 15 is 0 Å². The number of carbonyl (C=O) groups excluding carboxylic acids is 1. The van der Waals surface area contributed by atoms with Crippen LogP contribution in [0.3, 0.4) is 0 Å². The average Bonchev–Trinajstić information content (AvgIpc) is 3.07. The topological polar surface area (TPSA) is 59.8 Å². The van der Waals surface area contributed by atoms with Crippen molar-refractivity contribution in [2.75, 3.05) is 20.2 Å². The smallest absolute Gasteiger partial charge is 0.336 e. The third-order valence-corrected chi connectivity index (χ3v) is 5.56. The highest BCUT2D eigenvalue weighted by molar-refractivity contribution is 5.82. The summed E-state index contributed by atoms with van der Waals surface area (Å²) in [5, 5.41) is 1.05. The molecule has 1 aromatic heterocycles. The van der Waals surface area contributed by atoms with Crippen LogP contribution in [0.5, 0.6) is 0 Å². The summed E-state index contributed by atoms with van der Waals surface area (Å²) >= 11 is 0. The molecule has 0 saturated carbocycles. The Morgan fingerprint density at radius 3 is 2.64 bits per heavy atom. The lowest BCUT2D eigenvalue weighted by Gasteiger charge is -2.30. The van der Waals surface area contributed by atoms with Crippen molar-refractivity contribution >= 4 is 16.9 Å². The van der Waals surface area contributed by atoms with Crippen molar-refractivity contribution < 1.29 is 13.9 Å². The molecule has 0 bridgehead atoms. The van der Waals surface area contributed by atoms with Crippen LogP contribution in [0, 0.1) is 5.92 Å². The third-order valence-electron chi connectivity index (χ3n) is 5.56. The Labute approximate surface area is 146 Å². The molecule has 5 nitrogen and oxygen atoms in total. The summed E-state index contributed by atoms with van der Waals surface area (Å²) < 4.78 is 10.3. The molecular formula is C20H23NO4. The van der Waals surface area contributed by atoms with Gasteiger partial charge in [-0.15, -0.1) is 0 Å². The van der Waals surface area contributed by atoms with E-state index < -0.39 is 0 Å². The number of carbonyl (C=O) groups is 1. The molecule has 4 rings (SSSR count). The Balaban J connectivity index is 1.58. The average molecular weight is 341 g/mol. The van der Waals surface area contributed by atoms with Crippen LogP contribution in [-0.4, -0.2) is 31.1 Å². The number of hydrogen-bond donors (Lipinski definition) is 0. The van der Waals surface area contributed by atoms with Gasteiger partial charge in [0.2, 0.25) is 0 Å². The molecule has 0 amide bonds. The lowest BCUT2D eigenvalue weighted by atomic mass is 9.96. The van der Waals surface area contributed by atoms with Crippen LogP contribution in [0.4, 0.5) is 0 Å². The number of nitrogens with zero attached hydrogens (tertiary/aromatic N) is 1. The molecule has 0 unspecified atom stereocenters. The van der Waals surface area contributed by atoms with Crippen molar-refractivity contribution in [2.24, 2.45) is 5.92 Å². The van der Waals surface area contributed by atoms with Crippen molar-refractivity contribution in [1.29, 1.82) is 0 Å². The van der Waals surface area contributed by atoms with Crippen LogP contribution in [0.2, 0.25) is 0 Å². The molecule has 0 spiro atoms. The van der Waals surface area contributed by atoms with E-state index in [1.165, 1.54) is 24.7 Å². The highest BCUT2D eigenvalue weighted by Gasteiger charge is 2.26. The molecule has 2 aromatic rings. The quantitative estimate of drug-likeness (QED) is 0.634. The predicted molar refractivity (Wildman–Crippen MR) is 94.5 cm³/mol. The summed E-state index contributed by atoms with van der Waals surface area (Å²) in [6, 6.07) is 5.87. The number of hydrogen-bond acceptors (Lipinski definition) is 5. The summed E-state index contributed by atoms with van der Waals surface area (Å²) in [5.41, 5.74) is 4.13. The first-order valence-corrected chi connectivity index (χ1v) is 9.03. The van der Waals surface area contributed by atoms with Crippen LogP contribution in [0.1, 0.15) is 36.0 Å². The zero-order chi connectivity index (χ0) is 17.4. The van der Waals surface area contributed by atoms with Crippen LogP contribution in [0.25, 0.3) is 11.0 Å². The Morgan fingerprint density at radius 2 is 1.92 bits per heavy atom. The molecule has 25 heavy (non-hydrogen) atoms. The van der Waals surface area contributed by atoms with Crippen molar-refractivity contribution in [3.8, 4) is 0 Å². The van der Waals surface area contributed by atoms with Gasteiger partial charge in [0.1, 0.15) is 5.58 Å². The van der Waals surface area contributed by atoms with Crippen LogP contribution < -0.4 is 5.63 Å². The number of ether oxygens (including phenoxy) is 1. The minimum Gasteiger partial charge on any atom is -0.469 e. The van der Waals surface area contributed by atoms with Gasteiger partial charge in [0.15, 0.2) is 0 Å². The van der Waals surface area contributed by atoms with E-state index in [9.17, 15) is 9.59 Å². The predicted octanol–water partition coefficient (Wildman–Crippen LogP) is 2.67. The zero-order valence-corrected chi connectivity index (χ0v) is 14.5. The second kappa shape index (κ2) is 6.64. The fourth-order valence-electron chi connectivity index (χ4n) is 4.16. The molecule has 2 aliphatic rings. The highest BCUT2D eigenvalue weighted by atomic mass is 16.5. The molecule has 132 valence electrons. The van der Waals surface area contributed by atoms with Crippen LogP contribution in [-0.2, 0) is 28.9 Å². The Morgan fingerprint density at radius 1 is 1.20 bits per heavy atom. The van der Waals surface area contributed by atoms with E-state index in [0.29, 0.717) is 5.58 Å². The Bertz CT molecular complexity index is 862. The standard InChI is InChI=1S/C20H23NO4/c1-24-20(23)13-5-7-21(8-6-13)12-16-11-19(22)25-18-10-15-4-2-3-14(15)9-17(16)18/h9-11,13H,2-8,12H2,1H3. The van der Waals surface area contributed by atoms with Gasteiger partial charge in [0.05, 0.1) is 13.0 Å². The molecule has 2 heterocycles. The normalized spacial score (nSPS) is 18.4. The SMILES string of the molecule is COC(=O)C1CCN(Cc2cc(=O)oc3cc4c(cc23)CCC4)CC1. The number of likely N-dealkylation sites (tertiary alicyclic amines) is 1. The first-order valence-electron chi connectivity index (χ1n) is 9.03. The van der Waals surface area contributed by atoms with Gasteiger partial charge in [-0.3, -0.25) is 9.69 Å². The minimum atomic E-state index is -0.287. The molecule has 0 atom stereocenters. The van der Waals surface area contributed by atoms with E-state index in [1.807, 2.05) is 6.07 Å². The van der Waals surface area contributed by atoms with Gasteiger partial charge >= 0.3 is 11.6 Å². The van der Waals surface area contributed by atoms with Crippen molar-refractivity contribution in [3.63, 3.8) is 0 Å². The molecule has 1 aliphatic heterocycles. The molecule has 0 radical (unpaired) electrons. The first-order chi connectivity index (χ1) is 12.1. The van der Waals surface area contributed by atoms with Crippen molar-refractivity contribution in [1.82, 2.24) is 4.90 Å². The zero-order valence-electron chi connectivity index (χ0n) is 14.5. The lowest BCUT2D eigenvalue weighted by molar-refractivity contribution is -0.147. The van der Waals surface area contributed by atoms with Gasteiger partial charge in [-0.05, 0) is 74.0 Å². The second-order valence-corrected chi connectivity index (χ2v) is 7.13. The summed E-state index contributed by atoms with van der Waals surface area (Å²) in [4.78, 5) is 26.0. The fraction of sp³-hybridized carbons (Fsp3) is 0.500. The number of aryl methyl sites for hydroxylation is 2. The minimum absolute atomic E-state index is 0.00195. The number of fused-ring (bicyclic) bond motifs is 2. The summed E-state index contributed by atoms with van der Waals surface area (Å²) in [5.74, 6) is -0.108. The molecular weight excluding hydrogens is 318 g/mol. The number of methoxy groups -OCH3 is 1. The molecule has 0 N–H and O–H groups in total. The van der Waals surface area contributed by atoms with Gasteiger partial charge in [-0.1, -0.05) is 0 Å². The number of esters is 1. The van der Waals surface area contributed by atoms with Crippen LogP contribution >= 0.6 is 0 Å². The molecule has 1 saturated heterocycles. The third kappa shape index (κ3) is 3.21. The van der Waals surface area contributed by atoms with E-state index in [2.05, 4.69) is 11.0 Å². The van der Waals surface area contributed by atoms with E-state index in [1.54, 1.807) is 6.07 Å². The van der Waals surface area contributed by atoms with Gasteiger partial charge in [-0.2, -0.15) is 0 Å². The second-order valence-electron chi connectivity index (χ2n) is 7.13. The van der Waals surface area contributed by atoms with E-state index in [-0.39, 0.29) is 17.5 Å². The lowest BCUT2D eigenvalue weighted by Crippen LogP contribution is -2.36. The monoisotopic (exact) mass is 341 g/mol. The maximum absolute atomic E-state index is 12.0. The van der Waals surface area contributed by atoms with E-state index in [4.69, 9.17) is 9.15 Å². The fourth-order valence-corrected chi connectivity index (χ4v) is 4.16. The van der Waals surface area contributed by atoms with Gasteiger partial charge in [0, 0.05) is 18.0 Å². The van der Waals surface area contributed by atoms with Gasteiger partial charge < -0.3 is 9.15 Å². The van der Waals surface area contributed by atoms with Crippen LogP contribution in [0.15, 0.2) is 27.4 Å². The molecule has 5 heteroatoms. The Kier molecular flexibility index (Phi) is 4.34. The summed E-state index contributed by atoms with van der Waals surface area (Å²) in [6.07, 6.45) is 4.96. The van der Waals surface area contributed by atoms with Gasteiger partial charge in [0.25, 0.3) is 0 Å².